The maximum absolute atomic E-state index is 12.9. The zero-order chi connectivity index (χ0) is 22.7. The smallest absolute Gasteiger partial charge is 0.251 e. The van der Waals surface area contributed by atoms with Crippen LogP contribution in [0, 0.1) is 5.92 Å². The molecule has 0 radical (unpaired) electrons. The number of aliphatic hydroxyl groups excluding tert-OH is 1. The number of benzene rings is 2. The fourth-order valence-electron chi connectivity index (χ4n) is 5.01. The van der Waals surface area contributed by atoms with Gasteiger partial charge >= 0.3 is 0 Å². The normalized spacial score (nSPS) is 20.7. The Hall–Kier alpha value is -2.02. The molecule has 3 N–H and O–H groups in total. The lowest BCUT2D eigenvalue weighted by Gasteiger charge is -2.46. The summed E-state index contributed by atoms with van der Waals surface area (Å²) in [5.41, 5.74) is 2.54. The number of anilines is 2. The Labute approximate surface area is 196 Å². The largest absolute Gasteiger partial charge is 0.394 e. The van der Waals surface area contributed by atoms with E-state index < -0.39 is 0 Å². The van der Waals surface area contributed by atoms with E-state index in [4.69, 9.17) is 0 Å². The van der Waals surface area contributed by atoms with Crippen molar-refractivity contribution in [1.29, 1.82) is 0 Å². The maximum Gasteiger partial charge on any atom is 0.251 e. The highest BCUT2D eigenvalue weighted by Crippen LogP contribution is 2.51. The number of fused-ring (bicyclic) bond motifs is 2. The van der Waals surface area contributed by atoms with Gasteiger partial charge in [-0.15, -0.1) is 0 Å². The minimum Gasteiger partial charge on any atom is -0.394 e. The van der Waals surface area contributed by atoms with Gasteiger partial charge in [0.05, 0.1) is 29.6 Å². The number of aliphatic hydroxyl groups is 1. The molecular weight excluding hydrogens is 418 g/mol. The van der Waals surface area contributed by atoms with E-state index in [1.165, 1.54) is 4.90 Å². The van der Waals surface area contributed by atoms with Crippen molar-refractivity contribution in [3.05, 3.63) is 48.0 Å². The first-order valence-electron chi connectivity index (χ1n) is 11.8. The Kier molecular flexibility index (Phi) is 7.13. The number of hydrogen-bond acceptors (Lipinski definition) is 5. The Morgan fingerprint density at radius 3 is 2.69 bits per heavy atom. The number of carbonyl (C=O) groups excluding carboxylic acids is 1. The molecule has 0 aliphatic carbocycles. The molecule has 172 valence electrons. The van der Waals surface area contributed by atoms with Crippen molar-refractivity contribution in [3.63, 3.8) is 0 Å². The van der Waals surface area contributed by atoms with Crippen LogP contribution < -0.4 is 15.5 Å². The van der Waals surface area contributed by atoms with E-state index in [0.29, 0.717) is 18.0 Å². The van der Waals surface area contributed by atoms with Crippen molar-refractivity contribution in [1.82, 2.24) is 10.6 Å². The Morgan fingerprint density at radius 2 is 2.00 bits per heavy atom. The Bertz CT molecular complexity index is 956. The van der Waals surface area contributed by atoms with E-state index in [-0.39, 0.29) is 24.1 Å². The van der Waals surface area contributed by atoms with Crippen LogP contribution in [0.25, 0.3) is 0 Å². The van der Waals surface area contributed by atoms with Crippen molar-refractivity contribution >= 4 is 29.0 Å². The molecule has 1 saturated heterocycles. The molecule has 0 saturated carbocycles. The number of carbonyl (C=O) groups is 1. The minimum atomic E-state index is -0.351. The van der Waals surface area contributed by atoms with Gasteiger partial charge in [0, 0.05) is 21.9 Å². The van der Waals surface area contributed by atoms with Gasteiger partial charge in [-0.05, 0) is 68.5 Å². The van der Waals surface area contributed by atoms with Crippen molar-refractivity contribution in [3.8, 4) is 0 Å². The molecule has 2 aliphatic rings. The molecule has 32 heavy (non-hydrogen) atoms. The van der Waals surface area contributed by atoms with E-state index in [0.717, 1.165) is 48.5 Å². The minimum absolute atomic E-state index is 0.0267. The summed E-state index contributed by atoms with van der Waals surface area (Å²) in [7, 11) is 0. The monoisotopic (exact) mass is 453 g/mol. The lowest BCUT2D eigenvalue weighted by atomic mass is 9.85. The second kappa shape index (κ2) is 9.86. The fourth-order valence-corrected chi connectivity index (χ4v) is 6.06. The predicted octanol–water partition coefficient (Wildman–Crippen LogP) is 4.96. The zero-order valence-electron chi connectivity index (χ0n) is 19.4. The zero-order valence-corrected chi connectivity index (χ0v) is 20.2. The topological polar surface area (TPSA) is 64.6 Å². The molecule has 1 amide bonds. The summed E-state index contributed by atoms with van der Waals surface area (Å²) in [6.45, 7) is 8.22. The first-order valence-corrected chi connectivity index (χ1v) is 12.6. The lowest BCUT2D eigenvalue weighted by Crippen LogP contribution is -2.59. The molecule has 5 nitrogen and oxygen atoms in total. The third-order valence-electron chi connectivity index (χ3n) is 6.73. The van der Waals surface area contributed by atoms with Gasteiger partial charge in [-0.25, -0.2) is 0 Å². The van der Waals surface area contributed by atoms with Gasteiger partial charge in [0.2, 0.25) is 0 Å². The van der Waals surface area contributed by atoms with Crippen LogP contribution in [0.15, 0.2) is 52.3 Å². The van der Waals surface area contributed by atoms with Crippen LogP contribution in [0.2, 0.25) is 0 Å². The molecule has 6 heteroatoms. The molecule has 2 aromatic carbocycles. The van der Waals surface area contributed by atoms with Crippen LogP contribution in [0.5, 0.6) is 0 Å². The van der Waals surface area contributed by atoms with Crippen LogP contribution in [-0.4, -0.2) is 42.3 Å². The Balaban J connectivity index is 1.74. The molecule has 0 spiro atoms. The molecular formula is C26H35N3O2S. The van der Waals surface area contributed by atoms with Gasteiger partial charge in [0.1, 0.15) is 0 Å². The summed E-state index contributed by atoms with van der Waals surface area (Å²) in [6, 6.07) is 14.6. The van der Waals surface area contributed by atoms with Crippen LogP contribution in [0.4, 0.5) is 11.4 Å². The van der Waals surface area contributed by atoms with Crippen molar-refractivity contribution in [2.75, 3.05) is 24.6 Å². The molecule has 2 aromatic rings. The summed E-state index contributed by atoms with van der Waals surface area (Å²) in [6.07, 6.45) is 3.86. The second-order valence-corrected chi connectivity index (χ2v) is 10.4. The highest BCUT2D eigenvalue weighted by molar-refractivity contribution is 7.99. The van der Waals surface area contributed by atoms with Crippen LogP contribution in [0.3, 0.4) is 0 Å². The first kappa shape index (κ1) is 23.1. The molecule has 2 heterocycles. The van der Waals surface area contributed by atoms with Gasteiger partial charge < -0.3 is 20.6 Å². The number of para-hydroxylation sites is 1. The fraction of sp³-hybridized carbons (Fsp3) is 0.500. The predicted molar refractivity (Wildman–Crippen MR) is 132 cm³/mol. The average molecular weight is 454 g/mol. The summed E-state index contributed by atoms with van der Waals surface area (Å²) < 4.78 is 0. The van der Waals surface area contributed by atoms with Gasteiger partial charge in [-0.1, -0.05) is 44.7 Å². The highest BCUT2D eigenvalue weighted by atomic mass is 32.2. The number of nitrogens with zero attached hydrogens (tertiary/aromatic N) is 1. The third kappa shape index (κ3) is 4.41. The maximum atomic E-state index is 12.9. The summed E-state index contributed by atoms with van der Waals surface area (Å²) in [5.74, 6) is 0.530. The third-order valence-corrected chi connectivity index (χ3v) is 7.86. The van der Waals surface area contributed by atoms with Crippen LogP contribution in [-0.2, 0) is 0 Å². The number of hydrogen-bond donors (Lipinski definition) is 3. The molecule has 1 unspecified atom stereocenters. The number of rotatable bonds is 8. The van der Waals surface area contributed by atoms with Gasteiger partial charge in [-0.3, -0.25) is 4.79 Å². The Morgan fingerprint density at radius 1 is 1.22 bits per heavy atom. The molecule has 0 bridgehead atoms. The first-order chi connectivity index (χ1) is 15.5. The summed E-state index contributed by atoms with van der Waals surface area (Å²) in [5, 5.41) is 17.2. The SMILES string of the molecule is CCC(N1c2ccccc2Sc2ccc(C(=O)NCCC(C)C)cc21)[C@]1(CO)CCCN1. The quantitative estimate of drug-likeness (QED) is 0.527. The molecule has 2 aliphatic heterocycles. The van der Waals surface area contributed by atoms with Gasteiger partial charge in [-0.2, -0.15) is 0 Å². The van der Waals surface area contributed by atoms with Gasteiger partial charge in [0.25, 0.3) is 5.91 Å². The standard InChI is InChI=1S/C26H35N3O2S/c1-4-24(26(17-30)13-7-14-28-26)29-20-8-5-6-9-22(20)32-23-11-10-19(16-21(23)29)25(31)27-15-12-18(2)3/h5-6,8-11,16,18,24,28,30H,4,7,12-15,17H2,1-3H3,(H,27,31)/t24?,26-/m1/s1. The van der Waals surface area contributed by atoms with Crippen LogP contribution >= 0.6 is 11.8 Å². The molecule has 4 rings (SSSR count). The molecule has 2 atom stereocenters. The van der Waals surface area contributed by atoms with Crippen molar-refractivity contribution < 1.29 is 9.90 Å². The van der Waals surface area contributed by atoms with E-state index in [2.05, 4.69) is 66.6 Å². The van der Waals surface area contributed by atoms with Crippen LogP contribution in [0.1, 0.15) is 56.8 Å². The van der Waals surface area contributed by atoms with Crippen molar-refractivity contribution in [2.24, 2.45) is 5.92 Å². The number of nitrogens with one attached hydrogen (secondary N) is 2. The van der Waals surface area contributed by atoms with Gasteiger partial charge in [0.15, 0.2) is 0 Å². The van der Waals surface area contributed by atoms with E-state index in [9.17, 15) is 9.90 Å². The van der Waals surface area contributed by atoms with E-state index in [1.807, 2.05) is 12.1 Å². The highest BCUT2D eigenvalue weighted by Gasteiger charge is 2.45. The molecule has 0 aromatic heterocycles. The molecule has 1 fully saturated rings. The average Bonchev–Trinajstić information content (AvgIpc) is 3.28. The lowest BCUT2D eigenvalue weighted by molar-refractivity contribution is 0.0952. The summed E-state index contributed by atoms with van der Waals surface area (Å²) in [4.78, 5) is 17.6. The summed E-state index contributed by atoms with van der Waals surface area (Å²) >= 11 is 1.75. The van der Waals surface area contributed by atoms with E-state index in [1.54, 1.807) is 11.8 Å². The number of amides is 1. The van der Waals surface area contributed by atoms with Crippen molar-refractivity contribution in [2.45, 2.75) is 67.8 Å². The van der Waals surface area contributed by atoms with E-state index >= 15 is 0 Å². The second-order valence-electron chi connectivity index (χ2n) is 9.33.